The minimum atomic E-state index is 0.404. The molecule has 0 N–H and O–H groups in total. The SMILES string of the molecule is Cn1ccc(COc2ccc(CCl)cc2Cl)n1. The minimum absolute atomic E-state index is 0.404. The summed E-state index contributed by atoms with van der Waals surface area (Å²) in [6, 6.07) is 7.43. The second-order valence-corrected chi connectivity index (χ2v) is 4.34. The first kappa shape index (κ1) is 12.3. The standard InChI is InChI=1S/C12H12Cl2N2O/c1-16-5-4-10(15-16)8-17-12-3-2-9(7-13)6-11(12)14/h2-6H,7-8H2,1H3. The summed E-state index contributed by atoms with van der Waals surface area (Å²) in [5.41, 5.74) is 1.84. The van der Waals surface area contributed by atoms with Gasteiger partial charge >= 0.3 is 0 Å². The number of hydrogen-bond acceptors (Lipinski definition) is 2. The first-order valence-electron chi connectivity index (χ1n) is 5.15. The highest BCUT2D eigenvalue weighted by Gasteiger charge is 2.04. The van der Waals surface area contributed by atoms with Crippen molar-refractivity contribution in [1.82, 2.24) is 9.78 Å². The van der Waals surface area contributed by atoms with Crippen molar-refractivity contribution in [3.8, 4) is 5.75 Å². The topological polar surface area (TPSA) is 27.1 Å². The quantitative estimate of drug-likeness (QED) is 0.797. The number of benzene rings is 1. The number of halogens is 2. The van der Waals surface area contributed by atoms with Crippen molar-refractivity contribution in [2.45, 2.75) is 12.5 Å². The molecule has 0 aliphatic rings. The number of aromatic nitrogens is 2. The van der Waals surface area contributed by atoms with E-state index >= 15 is 0 Å². The number of nitrogens with zero attached hydrogens (tertiary/aromatic N) is 2. The van der Waals surface area contributed by atoms with Crippen molar-refractivity contribution in [1.29, 1.82) is 0 Å². The average molecular weight is 271 g/mol. The lowest BCUT2D eigenvalue weighted by atomic mass is 10.2. The molecule has 1 aromatic heterocycles. The van der Waals surface area contributed by atoms with Crippen LogP contribution in [-0.4, -0.2) is 9.78 Å². The third-order valence-corrected chi connectivity index (χ3v) is 2.90. The first-order valence-corrected chi connectivity index (χ1v) is 6.06. The summed E-state index contributed by atoms with van der Waals surface area (Å²) in [6.07, 6.45) is 1.87. The largest absolute Gasteiger partial charge is 0.486 e. The number of aryl methyl sites for hydroxylation is 1. The molecule has 2 rings (SSSR count). The fourth-order valence-electron chi connectivity index (χ4n) is 1.44. The Kier molecular flexibility index (Phi) is 3.92. The maximum Gasteiger partial charge on any atom is 0.138 e. The van der Waals surface area contributed by atoms with Crippen LogP contribution in [0.3, 0.4) is 0 Å². The molecule has 0 atom stereocenters. The van der Waals surface area contributed by atoms with Gasteiger partial charge in [-0.3, -0.25) is 4.68 Å². The summed E-state index contributed by atoms with van der Waals surface area (Å²) in [5.74, 6) is 1.09. The molecule has 1 heterocycles. The zero-order valence-electron chi connectivity index (χ0n) is 9.36. The van der Waals surface area contributed by atoms with Crippen LogP contribution >= 0.6 is 23.2 Å². The molecule has 0 saturated heterocycles. The smallest absolute Gasteiger partial charge is 0.138 e. The monoisotopic (exact) mass is 270 g/mol. The van der Waals surface area contributed by atoms with Gasteiger partial charge in [0, 0.05) is 19.1 Å². The Morgan fingerprint density at radius 1 is 1.35 bits per heavy atom. The fraction of sp³-hybridized carbons (Fsp3) is 0.250. The molecule has 0 bridgehead atoms. The number of rotatable bonds is 4. The summed E-state index contributed by atoms with van der Waals surface area (Å²) in [4.78, 5) is 0. The summed E-state index contributed by atoms with van der Waals surface area (Å²) in [7, 11) is 1.87. The van der Waals surface area contributed by atoms with Crippen LogP contribution in [0.5, 0.6) is 5.75 Å². The van der Waals surface area contributed by atoms with E-state index in [0.717, 1.165) is 11.3 Å². The molecule has 0 spiro atoms. The molecule has 17 heavy (non-hydrogen) atoms. The maximum atomic E-state index is 6.07. The zero-order valence-corrected chi connectivity index (χ0v) is 10.9. The predicted octanol–water partition coefficient (Wildman–Crippen LogP) is 3.39. The van der Waals surface area contributed by atoms with Crippen LogP contribution in [-0.2, 0) is 19.5 Å². The van der Waals surface area contributed by atoms with Crippen LogP contribution in [0, 0.1) is 0 Å². The molecule has 0 aliphatic heterocycles. The van der Waals surface area contributed by atoms with Gasteiger partial charge in [0.2, 0.25) is 0 Å². The number of hydrogen-bond donors (Lipinski definition) is 0. The van der Waals surface area contributed by atoms with Gasteiger partial charge in [0.05, 0.1) is 10.7 Å². The highest BCUT2D eigenvalue weighted by atomic mass is 35.5. The van der Waals surface area contributed by atoms with Gasteiger partial charge in [-0.1, -0.05) is 17.7 Å². The molecule has 0 fully saturated rings. The Bertz CT molecular complexity index is 511. The highest BCUT2D eigenvalue weighted by Crippen LogP contribution is 2.26. The summed E-state index contributed by atoms with van der Waals surface area (Å²) in [6.45, 7) is 0.404. The first-order chi connectivity index (χ1) is 8.19. The third kappa shape index (κ3) is 3.14. The van der Waals surface area contributed by atoms with Gasteiger partial charge in [-0.05, 0) is 23.8 Å². The van der Waals surface area contributed by atoms with Gasteiger partial charge in [0.25, 0.3) is 0 Å². The Labute approximate surface area is 110 Å². The van der Waals surface area contributed by atoms with E-state index in [4.69, 9.17) is 27.9 Å². The van der Waals surface area contributed by atoms with Crippen LogP contribution in [0.4, 0.5) is 0 Å². The van der Waals surface area contributed by atoms with E-state index < -0.39 is 0 Å². The van der Waals surface area contributed by atoms with E-state index in [1.165, 1.54) is 0 Å². The van der Waals surface area contributed by atoms with Crippen molar-refractivity contribution >= 4 is 23.2 Å². The lowest BCUT2D eigenvalue weighted by Crippen LogP contribution is -1.98. The van der Waals surface area contributed by atoms with Crippen LogP contribution in [0.2, 0.25) is 5.02 Å². The lowest BCUT2D eigenvalue weighted by molar-refractivity contribution is 0.300. The average Bonchev–Trinajstić information content (AvgIpc) is 2.73. The number of ether oxygens (including phenoxy) is 1. The molecule has 0 aliphatic carbocycles. The van der Waals surface area contributed by atoms with Gasteiger partial charge in [-0.15, -0.1) is 11.6 Å². The molecule has 2 aromatic rings. The summed E-state index contributed by atoms with van der Waals surface area (Å²) >= 11 is 11.8. The van der Waals surface area contributed by atoms with Gasteiger partial charge in [-0.2, -0.15) is 5.10 Å². The van der Waals surface area contributed by atoms with Crippen molar-refractivity contribution in [3.63, 3.8) is 0 Å². The van der Waals surface area contributed by atoms with Crippen molar-refractivity contribution in [3.05, 3.63) is 46.7 Å². The lowest BCUT2D eigenvalue weighted by Gasteiger charge is -2.07. The van der Waals surface area contributed by atoms with Crippen LogP contribution in [0.1, 0.15) is 11.3 Å². The predicted molar refractivity (Wildman–Crippen MR) is 68.5 cm³/mol. The zero-order chi connectivity index (χ0) is 12.3. The van der Waals surface area contributed by atoms with Gasteiger partial charge < -0.3 is 4.74 Å². The Hall–Kier alpha value is -1.19. The highest BCUT2D eigenvalue weighted by molar-refractivity contribution is 6.32. The van der Waals surface area contributed by atoms with E-state index in [0.29, 0.717) is 23.3 Å². The molecule has 0 radical (unpaired) electrons. The fourth-order valence-corrected chi connectivity index (χ4v) is 1.86. The molecular weight excluding hydrogens is 259 g/mol. The normalized spacial score (nSPS) is 10.5. The van der Waals surface area contributed by atoms with Crippen molar-refractivity contribution in [2.24, 2.45) is 7.05 Å². The number of alkyl halides is 1. The Balaban J connectivity index is 2.04. The minimum Gasteiger partial charge on any atom is -0.486 e. The molecule has 1 aromatic carbocycles. The second kappa shape index (κ2) is 5.43. The van der Waals surface area contributed by atoms with E-state index in [-0.39, 0.29) is 0 Å². The molecule has 0 amide bonds. The van der Waals surface area contributed by atoms with E-state index in [1.807, 2.05) is 37.5 Å². The molecule has 0 unspecified atom stereocenters. The molecular formula is C12H12Cl2N2O. The van der Waals surface area contributed by atoms with E-state index in [9.17, 15) is 0 Å². The van der Waals surface area contributed by atoms with E-state index in [2.05, 4.69) is 5.10 Å². The summed E-state index contributed by atoms with van der Waals surface area (Å²) in [5, 5.41) is 4.79. The Morgan fingerprint density at radius 2 is 2.18 bits per heavy atom. The van der Waals surface area contributed by atoms with E-state index in [1.54, 1.807) is 4.68 Å². The third-order valence-electron chi connectivity index (χ3n) is 2.29. The van der Waals surface area contributed by atoms with Gasteiger partial charge in [0.15, 0.2) is 0 Å². The van der Waals surface area contributed by atoms with Gasteiger partial charge in [-0.25, -0.2) is 0 Å². The van der Waals surface area contributed by atoms with Crippen LogP contribution < -0.4 is 4.74 Å². The second-order valence-electron chi connectivity index (χ2n) is 3.67. The van der Waals surface area contributed by atoms with Crippen molar-refractivity contribution < 1.29 is 4.74 Å². The molecule has 90 valence electrons. The maximum absolute atomic E-state index is 6.07. The van der Waals surface area contributed by atoms with Crippen LogP contribution in [0.15, 0.2) is 30.5 Å². The Morgan fingerprint density at radius 3 is 2.76 bits per heavy atom. The molecule has 3 nitrogen and oxygen atoms in total. The van der Waals surface area contributed by atoms with Crippen LogP contribution in [0.25, 0.3) is 0 Å². The van der Waals surface area contributed by atoms with Gasteiger partial charge in [0.1, 0.15) is 12.4 Å². The molecule has 5 heteroatoms. The molecule has 0 saturated carbocycles. The summed E-state index contributed by atoms with van der Waals surface area (Å²) < 4.78 is 7.32. The van der Waals surface area contributed by atoms with Crippen molar-refractivity contribution in [2.75, 3.05) is 0 Å².